The molecule has 2 amide bonds. The number of aromatic nitrogens is 3. The number of carbonyl (C=O) groups is 2. The van der Waals surface area contributed by atoms with Crippen LogP contribution in [0.25, 0.3) is 11.3 Å². The van der Waals surface area contributed by atoms with Crippen molar-refractivity contribution in [1.82, 2.24) is 20.3 Å². The van der Waals surface area contributed by atoms with Crippen LogP contribution < -0.4 is 25.6 Å². The van der Waals surface area contributed by atoms with Gasteiger partial charge in [0.15, 0.2) is 5.82 Å². The largest absolute Gasteiger partial charge is 0.494 e. The number of ether oxygens (including phenoxy) is 1. The van der Waals surface area contributed by atoms with E-state index in [2.05, 4.69) is 25.6 Å². The molecule has 0 bridgehead atoms. The summed E-state index contributed by atoms with van der Waals surface area (Å²) in [5.74, 6) is 0.0861. The highest BCUT2D eigenvalue weighted by molar-refractivity contribution is 6.02. The predicted molar refractivity (Wildman–Crippen MR) is 133 cm³/mol. The van der Waals surface area contributed by atoms with E-state index in [-0.39, 0.29) is 34.9 Å². The van der Waals surface area contributed by atoms with Gasteiger partial charge in [0.05, 0.1) is 47.5 Å². The first-order valence-corrected chi connectivity index (χ1v) is 11.2. The number of nitrogens with one attached hydrogen (secondary N) is 3. The van der Waals surface area contributed by atoms with Crippen LogP contribution in [0.4, 0.5) is 23.0 Å². The van der Waals surface area contributed by atoms with Gasteiger partial charge >= 0.3 is 0 Å². The smallest absolute Gasteiger partial charge is 0.254 e. The van der Waals surface area contributed by atoms with Crippen molar-refractivity contribution < 1.29 is 18.4 Å². The summed E-state index contributed by atoms with van der Waals surface area (Å²) in [7, 11) is 3.47. The molecular weight excluding hydrogens is 446 g/mol. The van der Waals surface area contributed by atoms with Gasteiger partial charge in [-0.1, -0.05) is 6.07 Å². The van der Waals surface area contributed by atoms with Crippen LogP contribution in [0.2, 0.25) is 0 Å². The lowest BCUT2D eigenvalue weighted by Crippen LogP contribution is -2.28. The Hall–Kier alpha value is -4.21. The topological polar surface area (TPSA) is 121 Å². The van der Waals surface area contributed by atoms with Gasteiger partial charge in [0.2, 0.25) is 5.91 Å². The maximum absolute atomic E-state index is 12.9. The minimum Gasteiger partial charge on any atom is -0.494 e. The molecule has 1 saturated carbocycles. The molecule has 10 heteroatoms. The fraction of sp³-hybridized carbons (Fsp3) is 0.320. The second-order valence-electron chi connectivity index (χ2n) is 8.58. The van der Waals surface area contributed by atoms with Gasteiger partial charge in [-0.25, -0.2) is 9.97 Å². The van der Waals surface area contributed by atoms with Crippen molar-refractivity contribution in [2.24, 2.45) is 5.92 Å². The monoisotopic (exact) mass is 476 g/mol. The van der Waals surface area contributed by atoms with Crippen molar-refractivity contribution in [2.45, 2.75) is 25.8 Å². The number of rotatable bonds is 6. The summed E-state index contributed by atoms with van der Waals surface area (Å²) in [5.41, 5.74) is 3.38. The van der Waals surface area contributed by atoms with Crippen LogP contribution in [0.15, 0.2) is 36.8 Å². The number of hydrogen-bond acceptors (Lipinski definition) is 8. The number of amides is 2. The van der Waals surface area contributed by atoms with Crippen molar-refractivity contribution in [2.75, 3.05) is 36.7 Å². The molecule has 5 rings (SSSR count). The predicted octanol–water partition coefficient (Wildman–Crippen LogP) is 3.51. The van der Waals surface area contributed by atoms with E-state index >= 15 is 0 Å². The lowest BCUT2D eigenvalue weighted by molar-refractivity contribution is -0.117. The third kappa shape index (κ3) is 4.01. The number of pyridine rings is 3. The zero-order valence-corrected chi connectivity index (χ0v) is 19.5. The van der Waals surface area contributed by atoms with Crippen LogP contribution >= 0.6 is 0 Å². The van der Waals surface area contributed by atoms with Crippen LogP contribution in [0.5, 0.6) is 5.75 Å². The molecule has 10 nitrogen and oxygen atoms in total. The van der Waals surface area contributed by atoms with Gasteiger partial charge < -0.3 is 25.6 Å². The molecule has 0 aromatic carbocycles. The Kier molecular flexibility index (Phi) is 4.84. The molecule has 180 valence electrons. The highest BCUT2D eigenvalue weighted by Crippen LogP contribution is 2.50. The van der Waals surface area contributed by atoms with Gasteiger partial charge in [0.25, 0.3) is 5.91 Å². The highest BCUT2D eigenvalue weighted by atomic mass is 16.5. The third-order valence-electron chi connectivity index (χ3n) is 6.41. The summed E-state index contributed by atoms with van der Waals surface area (Å²) in [6, 6.07) is 5.33. The zero-order valence-electron chi connectivity index (χ0n) is 22.5. The van der Waals surface area contributed by atoms with Crippen LogP contribution in [0.3, 0.4) is 0 Å². The maximum atomic E-state index is 12.9. The van der Waals surface area contributed by atoms with Crippen molar-refractivity contribution in [1.29, 1.82) is 0 Å². The number of fused-ring (bicyclic) bond motifs is 3. The average molecular weight is 477 g/mol. The standard InChI is InChI=1S/C25H27N7O3/c1-13-15-6-5-9-27-21(15)20-18(35-4)12-29-23(22(20)32(13)3)30-17-10-19(31-24(33)14-7-8-14)28-11-16(17)25(34)26-2/h5-6,9-14H,7-8H2,1-4H3,(H,26,34)(H2,28,29,30,31,33)/t13-/m1/s1/i2D3. The molecule has 0 unspecified atom stereocenters. The van der Waals surface area contributed by atoms with Gasteiger partial charge in [-0.3, -0.25) is 14.6 Å². The van der Waals surface area contributed by atoms with Gasteiger partial charge in [-0.2, -0.15) is 0 Å². The Labute approximate surface area is 207 Å². The molecule has 1 fully saturated rings. The Bertz CT molecular complexity index is 1430. The van der Waals surface area contributed by atoms with E-state index in [0.29, 0.717) is 17.3 Å². The third-order valence-corrected chi connectivity index (χ3v) is 6.41. The summed E-state index contributed by atoms with van der Waals surface area (Å²) in [5, 5.41) is 7.94. The summed E-state index contributed by atoms with van der Waals surface area (Å²) in [4.78, 5) is 40.6. The SMILES string of the molecule is [2H]C([2H])([2H])NC(=O)c1cnc(NC(=O)C2CC2)cc1Nc1ncc(OC)c2c1N(C)[C@H](C)c1cccnc1-2. The first-order chi connectivity index (χ1) is 18.1. The van der Waals surface area contributed by atoms with Crippen molar-refractivity contribution in [3.05, 3.63) is 47.9 Å². The normalized spacial score (nSPS) is 17.7. The fourth-order valence-electron chi connectivity index (χ4n) is 4.25. The molecule has 1 aliphatic heterocycles. The number of methoxy groups -OCH3 is 1. The maximum Gasteiger partial charge on any atom is 0.254 e. The van der Waals surface area contributed by atoms with Gasteiger partial charge in [0.1, 0.15) is 11.6 Å². The van der Waals surface area contributed by atoms with Crippen molar-refractivity contribution >= 4 is 34.8 Å². The van der Waals surface area contributed by atoms with Crippen LogP contribution in [0.1, 0.15) is 45.8 Å². The van der Waals surface area contributed by atoms with E-state index in [1.807, 2.05) is 36.3 Å². The summed E-state index contributed by atoms with van der Waals surface area (Å²) >= 11 is 0. The second kappa shape index (κ2) is 8.86. The number of nitrogens with zero attached hydrogens (tertiary/aromatic N) is 4. The summed E-state index contributed by atoms with van der Waals surface area (Å²) in [6.07, 6.45) is 6.13. The number of hydrogen-bond donors (Lipinski definition) is 3. The molecule has 35 heavy (non-hydrogen) atoms. The molecule has 3 N–H and O–H groups in total. The number of anilines is 4. The minimum atomic E-state index is -2.70. The van der Waals surface area contributed by atoms with E-state index in [0.717, 1.165) is 29.7 Å². The fourth-order valence-corrected chi connectivity index (χ4v) is 4.25. The quantitative estimate of drug-likeness (QED) is 0.494. The lowest BCUT2D eigenvalue weighted by atomic mass is 9.93. The summed E-state index contributed by atoms with van der Waals surface area (Å²) < 4.78 is 28.0. The first kappa shape index (κ1) is 19.1. The van der Waals surface area contributed by atoms with E-state index in [4.69, 9.17) is 8.85 Å². The van der Waals surface area contributed by atoms with E-state index < -0.39 is 12.9 Å². The molecule has 2 aliphatic rings. The Morgan fingerprint density at radius 1 is 1.23 bits per heavy atom. The molecule has 1 aliphatic carbocycles. The van der Waals surface area contributed by atoms with Crippen molar-refractivity contribution in [3.8, 4) is 17.0 Å². The zero-order chi connectivity index (χ0) is 27.2. The lowest BCUT2D eigenvalue weighted by Gasteiger charge is -2.36. The highest BCUT2D eigenvalue weighted by Gasteiger charge is 2.33. The molecule has 0 spiro atoms. The van der Waals surface area contributed by atoms with E-state index in [9.17, 15) is 9.59 Å². The van der Waals surface area contributed by atoms with Crippen LogP contribution in [-0.2, 0) is 4.79 Å². The molecule has 4 heterocycles. The van der Waals surface area contributed by atoms with Crippen LogP contribution in [-0.4, -0.2) is 47.9 Å². The Morgan fingerprint density at radius 3 is 2.80 bits per heavy atom. The Morgan fingerprint density at radius 2 is 2.06 bits per heavy atom. The van der Waals surface area contributed by atoms with E-state index in [1.54, 1.807) is 19.5 Å². The van der Waals surface area contributed by atoms with Gasteiger partial charge in [0, 0.05) is 48.1 Å². The van der Waals surface area contributed by atoms with Crippen LogP contribution in [0, 0.1) is 5.92 Å². The minimum absolute atomic E-state index is 0.0260. The first-order valence-electron chi connectivity index (χ1n) is 12.7. The molecule has 1 atom stereocenters. The average Bonchev–Trinajstić information content (AvgIpc) is 3.72. The van der Waals surface area contributed by atoms with E-state index in [1.165, 1.54) is 12.3 Å². The summed E-state index contributed by atoms with van der Waals surface area (Å²) in [6.45, 7) is -0.657. The van der Waals surface area contributed by atoms with Gasteiger partial charge in [-0.15, -0.1) is 0 Å². The second-order valence-corrected chi connectivity index (χ2v) is 8.58. The Balaban J connectivity index is 1.61. The molecule has 0 saturated heterocycles. The molecular formula is C25H27N7O3. The van der Waals surface area contributed by atoms with Crippen molar-refractivity contribution in [3.63, 3.8) is 0 Å². The molecule has 3 aromatic heterocycles. The number of carbonyl (C=O) groups excluding carboxylic acids is 2. The molecule has 0 radical (unpaired) electrons. The van der Waals surface area contributed by atoms with Gasteiger partial charge in [-0.05, 0) is 25.8 Å². The molecule has 3 aromatic rings.